The Labute approximate surface area is 120 Å². The first-order chi connectivity index (χ1) is 9.62. The van der Waals surface area contributed by atoms with Gasteiger partial charge in [0.1, 0.15) is 18.2 Å². The lowest BCUT2D eigenvalue weighted by Crippen LogP contribution is -2.42. The highest BCUT2D eigenvalue weighted by Crippen LogP contribution is 2.20. The van der Waals surface area contributed by atoms with E-state index in [0.717, 1.165) is 31.0 Å². The smallest absolute Gasteiger partial charge is 0.158 e. The van der Waals surface area contributed by atoms with Crippen LogP contribution in [0.2, 0.25) is 0 Å². The number of hydrogen-bond acceptors (Lipinski definition) is 6. The summed E-state index contributed by atoms with van der Waals surface area (Å²) in [6.45, 7) is 3.81. The molecule has 0 amide bonds. The minimum Gasteiger partial charge on any atom is -0.377 e. The third kappa shape index (κ3) is 3.80. The Kier molecular flexibility index (Phi) is 5.14. The van der Waals surface area contributed by atoms with Crippen LogP contribution in [-0.4, -0.2) is 54.7 Å². The molecule has 2 heterocycles. The van der Waals surface area contributed by atoms with Crippen LogP contribution in [0.3, 0.4) is 0 Å². The maximum atomic E-state index is 5.12. The largest absolute Gasteiger partial charge is 0.377 e. The van der Waals surface area contributed by atoms with Gasteiger partial charge in [-0.3, -0.25) is 0 Å². The van der Waals surface area contributed by atoms with E-state index in [1.165, 1.54) is 0 Å². The summed E-state index contributed by atoms with van der Waals surface area (Å²) in [4.78, 5) is 11.3. The van der Waals surface area contributed by atoms with E-state index in [4.69, 9.17) is 4.74 Å². The molecule has 1 aliphatic rings. The van der Waals surface area contributed by atoms with Crippen LogP contribution in [0, 0.1) is 0 Å². The molecule has 1 aromatic heterocycles. The van der Waals surface area contributed by atoms with Crippen molar-refractivity contribution in [2.24, 2.45) is 0 Å². The van der Waals surface area contributed by atoms with Gasteiger partial charge in [0.15, 0.2) is 5.82 Å². The molecule has 1 aliphatic heterocycles. The average Bonchev–Trinajstić information content (AvgIpc) is 2.43. The molecule has 1 saturated heterocycles. The van der Waals surface area contributed by atoms with Gasteiger partial charge in [0.2, 0.25) is 0 Å². The molecule has 6 nitrogen and oxygen atoms in total. The summed E-state index contributed by atoms with van der Waals surface area (Å²) in [6.07, 6.45) is 2.27. The van der Waals surface area contributed by atoms with Gasteiger partial charge in [-0.05, 0) is 26.8 Å². The molecule has 1 fully saturated rings. The van der Waals surface area contributed by atoms with E-state index in [1.807, 2.05) is 13.1 Å². The van der Waals surface area contributed by atoms with Crippen molar-refractivity contribution in [1.82, 2.24) is 14.9 Å². The number of anilines is 2. The number of hydrogen-bond donors (Lipinski definition) is 2. The average molecular weight is 279 g/mol. The first kappa shape index (κ1) is 15.0. The van der Waals surface area contributed by atoms with Crippen molar-refractivity contribution in [3.63, 3.8) is 0 Å². The summed E-state index contributed by atoms with van der Waals surface area (Å²) in [6, 6.07) is 3.02. The fourth-order valence-corrected chi connectivity index (χ4v) is 2.52. The minimum absolute atomic E-state index is 0.425. The van der Waals surface area contributed by atoms with E-state index in [9.17, 15) is 0 Å². The van der Waals surface area contributed by atoms with Crippen LogP contribution in [0.4, 0.5) is 11.6 Å². The molecule has 2 unspecified atom stereocenters. The van der Waals surface area contributed by atoms with Crippen molar-refractivity contribution in [2.45, 2.75) is 38.5 Å². The number of methoxy groups -OCH3 is 1. The van der Waals surface area contributed by atoms with Crippen molar-refractivity contribution in [3.05, 3.63) is 11.9 Å². The SMILES string of the molecule is CNc1cc(NC2CCN(C)C(C)C2)nc(COC)n1. The van der Waals surface area contributed by atoms with Crippen LogP contribution in [0.5, 0.6) is 0 Å². The zero-order valence-electron chi connectivity index (χ0n) is 12.8. The lowest BCUT2D eigenvalue weighted by molar-refractivity contribution is 0.177. The number of nitrogens with one attached hydrogen (secondary N) is 2. The van der Waals surface area contributed by atoms with E-state index in [0.29, 0.717) is 24.5 Å². The van der Waals surface area contributed by atoms with Gasteiger partial charge in [0.25, 0.3) is 0 Å². The standard InChI is InChI=1S/C14H25N5O/c1-10-7-11(5-6-19(10)3)16-13-8-12(15-2)17-14(18-13)9-20-4/h8,10-11H,5-7,9H2,1-4H3,(H2,15,16,17,18). The number of likely N-dealkylation sites (tertiary alicyclic amines) is 1. The predicted octanol–water partition coefficient (Wildman–Crippen LogP) is 1.56. The molecule has 20 heavy (non-hydrogen) atoms. The molecule has 1 aromatic rings. The second-order valence-corrected chi connectivity index (χ2v) is 5.43. The molecule has 2 N–H and O–H groups in total. The van der Waals surface area contributed by atoms with Crippen molar-refractivity contribution < 1.29 is 4.74 Å². The summed E-state index contributed by atoms with van der Waals surface area (Å²) in [5.74, 6) is 2.39. The van der Waals surface area contributed by atoms with Gasteiger partial charge in [-0.2, -0.15) is 0 Å². The van der Waals surface area contributed by atoms with Crippen molar-refractivity contribution >= 4 is 11.6 Å². The highest BCUT2D eigenvalue weighted by atomic mass is 16.5. The first-order valence-electron chi connectivity index (χ1n) is 7.13. The Balaban J connectivity index is 2.06. The van der Waals surface area contributed by atoms with Crippen LogP contribution < -0.4 is 10.6 Å². The second kappa shape index (κ2) is 6.85. The van der Waals surface area contributed by atoms with Crippen LogP contribution in [0.15, 0.2) is 6.07 Å². The summed E-state index contributed by atoms with van der Waals surface area (Å²) < 4.78 is 5.12. The minimum atomic E-state index is 0.425. The van der Waals surface area contributed by atoms with Gasteiger partial charge in [-0.1, -0.05) is 0 Å². The summed E-state index contributed by atoms with van der Waals surface area (Å²) >= 11 is 0. The van der Waals surface area contributed by atoms with E-state index < -0.39 is 0 Å². The third-order valence-electron chi connectivity index (χ3n) is 3.86. The van der Waals surface area contributed by atoms with E-state index in [-0.39, 0.29) is 0 Å². The lowest BCUT2D eigenvalue weighted by atomic mass is 9.99. The maximum absolute atomic E-state index is 5.12. The van der Waals surface area contributed by atoms with Crippen LogP contribution >= 0.6 is 0 Å². The number of nitrogens with zero attached hydrogens (tertiary/aromatic N) is 3. The monoisotopic (exact) mass is 279 g/mol. The number of aromatic nitrogens is 2. The molecule has 112 valence electrons. The molecule has 0 bridgehead atoms. The zero-order chi connectivity index (χ0) is 14.5. The number of piperidine rings is 1. The highest BCUT2D eigenvalue weighted by molar-refractivity contribution is 5.47. The Morgan fingerprint density at radius 2 is 2.15 bits per heavy atom. The van der Waals surface area contributed by atoms with Gasteiger partial charge in [-0.25, -0.2) is 9.97 Å². The van der Waals surface area contributed by atoms with Crippen LogP contribution in [-0.2, 0) is 11.3 Å². The van der Waals surface area contributed by atoms with Crippen molar-refractivity contribution in [1.29, 1.82) is 0 Å². The topological polar surface area (TPSA) is 62.3 Å². The summed E-state index contributed by atoms with van der Waals surface area (Å²) in [5.41, 5.74) is 0. The zero-order valence-corrected chi connectivity index (χ0v) is 12.8. The molecule has 0 spiro atoms. The fraction of sp³-hybridized carbons (Fsp3) is 0.714. The predicted molar refractivity (Wildman–Crippen MR) is 81.0 cm³/mol. The fourth-order valence-electron chi connectivity index (χ4n) is 2.52. The van der Waals surface area contributed by atoms with Crippen molar-refractivity contribution in [3.8, 4) is 0 Å². The summed E-state index contributed by atoms with van der Waals surface area (Å²) in [7, 11) is 5.70. The van der Waals surface area contributed by atoms with E-state index >= 15 is 0 Å². The van der Waals surface area contributed by atoms with Gasteiger partial charge >= 0.3 is 0 Å². The Hall–Kier alpha value is -1.40. The Morgan fingerprint density at radius 3 is 2.80 bits per heavy atom. The molecule has 0 aliphatic carbocycles. The van der Waals surface area contributed by atoms with Gasteiger partial charge in [0.05, 0.1) is 0 Å². The second-order valence-electron chi connectivity index (χ2n) is 5.43. The molecular formula is C14H25N5O. The van der Waals surface area contributed by atoms with Crippen LogP contribution in [0.1, 0.15) is 25.6 Å². The highest BCUT2D eigenvalue weighted by Gasteiger charge is 2.23. The molecule has 0 saturated carbocycles. The van der Waals surface area contributed by atoms with E-state index in [2.05, 4.69) is 39.5 Å². The molecule has 0 radical (unpaired) electrons. The Bertz CT molecular complexity index is 440. The molecule has 2 rings (SSSR count). The van der Waals surface area contributed by atoms with E-state index in [1.54, 1.807) is 7.11 Å². The molecule has 6 heteroatoms. The molecule has 0 aromatic carbocycles. The lowest BCUT2D eigenvalue weighted by Gasteiger charge is -2.35. The quantitative estimate of drug-likeness (QED) is 0.853. The third-order valence-corrected chi connectivity index (χ3v) is 3.86. The molecular weight excluding hydrogens is 254 g/mol. The molecule has 2 atom stereocenters. The van der Waals surface area contributed by atoms with Crippen LogP contribution in [0.25, 0.3) is 0 Å². The number of ether oxygens (including phenoxy) is 1. The van der Waals surface area contributed by atoms with Gasteiger partial charge in [-0.15, -0.1) is 0 Å². The maximum Gasteiger partial charge on any atom is 0.158 e. The van der Waals surface area contributed by atoms with Crippen molar-refractivity contribution in [2.75, 3.05) is 38.4 Å². The first-order valence-corrected chi connectivity index (χ1v) is 7.13. The van der Waals surface area contributed by atoms with Gasteiger partial charge < -0.3 is 20.3 Å². The number of rotatable bonds is 5. The summed E-state index contributed by atoms with van der Waals surface area (Å²) in [5, 5.41) is 6.60. The van der Waals surface area contributed by atoms with Gasteiger partial charge in [0, 0.05) is 38.9 Å². The Morgan fingerprint density at radius 1 is 1.40 bits per heavy atom. The normalized spacial score (nSPS) is 23.6.